The summed E-state index contributed by atoms with van der Waals surface area (Å²) in [6.45, 7) is 7.51. The third-order valence-electron chi connectivity index (χ3n) is 7.81. The van der Waals surface area contributed by atoms with Crippen LogP contribution in [0.15, 0.2) is 11.6 Å². The van der Waals surface area contributed by atoms with Crippen molar-refractivity contribution in [3.63, 3.8) is 0 Å². The minimum atomic E-state index is -0.146. The van der Waals surface area contributed by atoms with Gasteiger partial charge in [-0.3, -0.25) is 4.79 Å². The zero-order valence-electron chi connectivity index (χ0n) is 15.0. The number of rotatable bonds is 3. The van der Waals surface area contributed by atoms with Crippen molar-refractivity contribution in [2.75, 3.05) is 6.61 Å². The Morgan fingerprint density at radius 3 is 2.75 bits per heavy atom. The lowest BCUT2D eigenvalue weighted by Crippen LogP contribution is -2.54. The predicted molar refractivity (Wildman–Crippen MR) is 89.0 cm³/mol. The smallest absolute Gasteiger partial charge is 0.334 e. The number of carbonyl (C=O) groups excluding carboxylic acids is 2. The average molecular weight is 332 g/mol. The molecule has 132 valence electrons. The first-order valence-electron chi connectivity index (χ1n) is 9.45. The van der Waals surface area contributed by atoms with Gasteiger partial charge < -0.3 is 9.47 Å². The van der Waals surface area contributed by atoms with Gasteiger partial charge in [-0.2, -0.15) is 0 Å². The minimum absolute atomic E-state index is 0.0187. The van der Waals surface area contributed by atoms with Crippen LogP contribution in [0.5, 0.6) is 0 Å². The third-order valence-corrected chi connectivity index (χ3v) is 7.81. The molecule has 4 heteroatoms. The maximum absolute atomic E-state index is 12.3. The van der Waals surface area contributed by atoms with E-state index in [9.17, 15) is 9.59 Å². The van der Waals surface area contributed by atoms with Crippen molar-refractivity contribution in [1.82, 2.24) is 0 Å². The molecule has 2 aliphatic carbocycles. The molecule has 0 radical (unpaired) electrons. The number of cyclic esters (lactones) is 1. The van der Waals surface area contributed by atoms with Crippen molar-refractivity contribution in [2.45, 2.75) is 65.4 Å². The minimum Gasteiger partial charge on any atom is -0.465 e. The summed E-state index contributed by atoms with van der Waals surface area (Å²) in [4.78, 5) is 24.2. The molecule has 3 fully saturated rings. The number of ether oxygens (including phenoxy) is 2. The molecule has 2 heterocycles. The zero-order chi connectivity index (χ0) is 17.1. The molecular weight excluding hydrogens is 304 g/mol. The molecule has 0 bridgehead atoms. The molecule has 4 nitrogen and oxygen atoms in total. The van der Waals surface area contributed by atoms with E-state index in [0.29, 0.717) is 18.4 Å². The Bertz CT molecular complexity index is 609. The second kappa shape index (κ2) is 5.34. The maximum Gasteiger partial charge on any atom is 0.334 e. The summed E-state index contributed by atoms with van der Waals surface area (Å²) >= 11 is 0. The highest BCUT2D eigenvalue weighted by Gasteiger charge is 2.64. The SMILES string of the molecule is C[C@@H]1C[C@H]2OC(=O)C3=CCC[C@H]([C@@]1(C)CC[C@@H]1CCOC1=O)[C@]32C. The zero-order valence-corrected chi connectivity index (χ0v) is 15.0. The Balaban J connectivity index is 1.62. The van der Waals surface area contributed by atoms with Crippen molar-refractivity contribution in [2.24, 2.45) is 28.6 Å². The largest absolute Gasteiger partial charge is 0.465 e. The monoisotopic (exact) mass is 332 g/mol. The Labute approximate surface area is 144 Å². The number of allylic oxidation sites excluding steroid dienone is 1. The molecule has 2 aliphatic heterocycles. The Morgan fingerprint density at radius 2 is 2.04 bits per heavy atom. The summed E-state index contributed by atoms with van der Waals surface area (Å²) in [5.74, 6) is 0.892. The van der Waals surface area contributed by atoms with Gasteiger partial charge in [-0.05, 0) is 55.8 Å². The van der Waals surface area contributed by atoms with Crippen LogP contribution in [0.25, 0.3) is 0 Å². The molecule has 0 aromatic carbocycles. The summed E-state index contributed by atoms with van der Waals surface area (Å²) in [7, 11) is 0. The van der Waals surface area contributed by atoms with Gasteiger partial charge in [0.05, 0.1) is 12.5 Å². The van der Waals surface area contributed by atoms with Gasteiger partial charge in [0.1, 0.15) is 6.10 Å². The summed E-state index contributed by atoms with van der Waals surface area (Å²) in [6.07, 6.45) is 7.95. The molecule has 0 aromatic rings. The predicted octanol–water partition coefficient (Wildman–Crippen LogP) is 3.64. The van der Waals surface area contributed by atoms with Gasteiger partial charge in [0.2, 0.25) is 0 Å². The van der Waals surface area contributed by atoms with E-state index in [2.05, 4.69) is 26.8 Å². The lowest BCUT2D eigenvalue weighted by Gasteiger charge is -2.57. The highest BCUT2D eigenvalue weighted by molar-refractivity contribution is 5.93. The normalized spacial score (nSPS) is 47.0. The van der Waals surface area contributed by atoms with E-state index in [-0.39, 0.29) is 34.8 Å². The fourth-order valence-corrected chi connectivity index (χ4v) is 6.06. The quantitative estimate of drug-likeness (QED) is 0.740. The van der Waals surface area contributed by atoms with E-state index in [0.717, 1.165) is 44.1 Å². The van der Waals surface area contributed by atoms with Crippen molar-refractivity contribution in [3.8, 4) is 0 Å². The lowest BCUT2D eigenvalue weighted by atomic mass is 9.46. The highest BCUT2D eigenvalue weighted by atomic mass is 16.6. The number of hydrogen-bond donors (Lipinski definition) is 0. The van der Waals surface area contributed by atoms with Crippen LogP contribution in [0.3, 0.4) is 0 Å². The fraction of sp³-hybridized carbons (Fsp3) is 0.800. The molecule has 0 unspecified atom stereocenters. The lowest BCUT2D eigenvalue weighted by molar-refractivity contribution is -0.150. The first-order valence-corrected chi connectivity index (χ1v) is 9.45. The summed E-state index contributed by atoms with van der Waals surface area (Å²) in [5.41, 5.74) is 0.913. The molecule has 0 amide bonds. The fourth-order valence-electron chi connectivity index (χ4n) is 6.06. The van der Waals surface area contributed by atoms with Gasteiger partial charge in [0.15, 0.2) is 0 Å². The van der Waals surface area contributed by atoms with Crippen molar-refractivity contribution >= 4 is 11.9 Å². The van der Waals surface area contributed by atoms with Crippen LogP contribution in [-0.2, 0) is 19.1 Å². The maximum atomic E-state index is 12.3. The number of carbonyl (C=O) groups is 2. The molecule has 4 aliphatic rings. The van der Waals surface area contributed by atoms with Crippen molar-refractivity contribution in [3.05, 3.63) is 11.6 Å². The number of esters is 2. The molecule has 2 saturated heterocycles. The summed E-state index contributed by atoms with van der Waals surface area (Å²) < 4.78 is 10.9. The van der Waals surface area contributed by atoms with Crippen LogP contribution in [0.2, 0.25) is 0 Å². The van der Waals surface area contributed by atoms with Crippen molar-refractivity contribution < 1.29 is 19.1 Å². The molecule has 24 heavy (non-hydrogen) atoms. The molecule has 1 saturated carbocycles. The van der Waals surface area contributed by atoms with Gasteiger partial charge >= 0.3 is 11.9 Å². The average Bonchev–Trinajstić information content (AvgIpc) is 3.05. The second-order valence-corrected chi connectivity index (χ2v) is 8.76. The van der Waals surface area contributed by atoms with E-state index >= 15 is 0 Å². The summed E-state index contributed by atoms with van der Waals surface area (Å²) in [5, 5.41) is 0. The van der Waals surface area contributed by atoms with Gasteiger partial charge in [-0.1, -0.05) is 26.8 Å². The van der Waals surface area contributed by atoms with Crippen LogP contribution in [0, 0.1) is 28.6 Å². The van der Waals surface area contributed by atoms with Crippen LogP contribution in [-0.4, -0.2) is 24.6 Å². The Morgan fingerprint density at radius 1 is 1.25 bits per heavy atom. The number of hydrogen-bond acceptors (Lipinski definition) is 4. The van der Waals surface area contributed by atoms with E-state index < -0.39 is 0 Å². The topological polar surface area (TPSA) is 52.6 Å². The Kier molecular flexibility index (Phi) is 3.59. The van der Waals surface area contributed by atoms with Gasteiger partial charge in [0, 0.05) is 11.0 Å². The van der Waals surface area contributed by atoms with Crippen LogP contribution in [0.1, 0.15) is 59.3 Å². The second-order valence-electron chi connectivity index (χ2n) is 8.76. The molecule has 0 aromatic heterocycles. The summed E-state index contributed by atoms with van der Waals surface area (Å²) in [6, 6.07) is 0. The molecule has 0 spiro atoms. The van der Waals surface area contributed by atoms with E-state index in [1.807, 2.05) is 0 Å². The molecule has 6 atom stereocenters. The van der Waals surface area contributed by atoms with Crippen LogP contribution in [0.4, 0.5) is 0 Å². The van der Waals surface area contributed by atoms with E-state index in [4.69, 9.17) is 9.47 Å². The van der Waals surface area contributed by atoms with Crippen molar-refractivity contribution in [1.29, 1.82) is 0 Å². The standard InChI is InChI=1S/C20H28O4/c1-12-11-16-20(3)14(18(22)24-16)5-4-6-15(20)19(12,2)9-7-13-8-10-23-17(13)21/h5,12-13,15-16H,4,6-11H2,1-3H3/t12-,13-,15-,16-,19+,20+/m1/s1. The first kappa shape index (κ1) is 16.2. The Hall–Kier alpha value is -1.32. The first-order chi connectivity index (χ1) is 11.4. The van der Waals surface area contributed by atoms with E-state index in [1.54, 1.807) is 0 Å². The van der Waals surface area contributed by atoms with Gasteiger partial charge in [-0.25, -0.2) is 4.79 Å². The molecular formula is C20H28O4. The van der Waals surface area contributed by atoms with Crippen LogP contribution < -0.4 is 0 Å². The van der Waals surface area contributed by atoms with Gasteiger partial charge in [0.25, 0.3) is 0 Å². The molecule has 0 N–H and O–H groups in total. The highest BCUT2D eigenvalue weighted by Crippen LogP contribution is 2.65. The third kappa shape index (κ3) is 2.04. The van der Waals surface area contributed by atoms with Crippen LogP contribution >= 0.6 is 0 Å². The molecule has 4 rings (SSSR count). The van der Waals surface area contributed by atoms with E-state index in [1.165, 1.54) is 0 Å². The van der Waals surface area contributed by atoms with Gasteiger partial charge in [-0.15, -0.1) is 0 Å².